The van der Waals surface area contributed by atoms with E-state index in [1.807, 2.05) is 6.92 Å². The fraction of sp³-hybridized carbons (Fsp3) is 0.400. The lowest BCUT2D eigenvalue weighted by molar-refractivity contribution is -0.384. The molecule has 88 valence electrons. The van der Waals surface area contributed by atoms with Crippen LogP contribution in [0.5, 0.6) is 0 Å². The molecule has 0 aliphatic carbocycles. The molecule has 0 saturated heterocycles. The largest absolute Gasteiger partial charge is 0.316 e. The molecule has 0 heterocycles. The van der Waals surface area contributed by atoms with E-state index < -0.39 is 15.7 Å². The Hall–Kier alpha value is -1.27. The first kappa shape index (κ1) is 12.8. The molecule has 1 atom stereocenters. The molecule has 16 heavy (non-hydrogen) atoms. The molecule has 1 N–H and O–H groups in total. The topological polar surface area (TPSA) is 72.2 Å². The van der Waals surface area contributed by atoms with Crippen LogP contribution >= 0.6 is 0 Å². The highest BCUT2D eigenvalue weighted by Crippen LogP contribution is 2.14. The highest BCUT2D eigenvalue weighted by atomic mass is 32.2. The van der Waals surface area contributed by atoms with Crippen LogP contribution in [-0.4, -0.2) is 28.0 Å². The summed E-state index contributed by atoms with van der Waals surface area (Å²) in [4.78, 5) is 10.6. The molecule has 0 bridgehead atoms. The summed E-state index contributed by atoms with van der Waals surface area (Å²) >= 11 is 0. The standard InChI is InChI=1S/C10H14N2O3S/c1-2-11-7-8-16(15)10-5-3-9(4-6-10)12(13)14/h3-6,11H,2,7-8H2,1H3. The monoisotopic (exact) mass is 242 g/mol. The Bertz CT molecular complexity index is 378. The van der Waals surface area contributed by atoms with Crippen LogP contribution in [-0.2, 0) is 10.8 Å². The zero-order valence-electron chi connectivity index (χ0n) is 9.01. The average molecular weight is 242 g/mol. The van der Waals surface area contributed by atoms with Crippen LogP contribution in [0.2, 0.25) is 0 Å². The number of benzene rings is 1. The van der Waals surface area contributed by atoms with Gasteiger partial charge in [0.05, 0.1) is 15.7 Å². The van der Waals surface area contributed by atoms with Gasteiger partial charge in [-0.15, -0.1) is 0 Å². The van der Waals surface area contributed by atoms with Crippen molar-refractivity contribution in [2.45, 2.75) is 11.8 Å². The van der Waals surface area contributed by atoms with Crippen molar-refractivity contribution in [3.8, 4) is 0 Å². The molecule has 5 nitrogen and oxygen atoms in total. The number of non-ortho nitro benzene ring substituents is 1. The number of nitrogens with zero attached hydrogens (tertiary/aromatic N) is 1. The number of nitro benzene ring substituents is 1. The molecule has 0 saturated carbocycles. The van der Waals surface area contributed by atoms with Crippen molar-refractivity contribution in [3.05, 3.63) is 34.4 Å². The van der Waals surface area contributed by atoms with Gasteiger partial charge in [-0.1, -0.05) is 6.92 Å². The van der Waals surface area contributed by atoms with E-state index in [1.54, 1.807) is 12.1 Å². The van der Waals surface area contributed by atoms with Crippen LogP contribution in [0.3, 0.4) is 0 Å². The molecule has 6 heteroatoms. The zero-order valence-corrected chi connectivity index (χ0v) is 9.83. The summed E-state index contributed by atoms with van der Waals surface area (Å²) < 4.78 is 11.7. The molecule has 0 amide bonds. The smallest absolute Gasteiger partial charge is 0.269 e. The number of nitrogens with one attached hydrogen (secondary N) is 1. The quantitative estimate of drug-likeness (QED) is 0.464. The van der Waals surface area contributed by atoms with E-state index >= 15 is 0 Å². The van der Waals surface area contributed by atoms with Gasteiger partial charge in [0.15, 0.2) is 0 Å². The second kappa shape index (κ2) is 6.34. The van der Waals surface area contributed by atoms with Gasteiger partial charge in [-0.25, -0.2) is 0 Å². The first-order chi connectivity index (χ1) is 7.65. The van der Waals surface area contributed by atoms with Gasteiger partial charge in [0.1, 0.15) is 0 Å². The van der Waals surface area contributed by atoms with Crippen molar-refractivity contribution >= 4 is 16.5 Å². The summed E-state index contributed by atoms with van der Waals surface area (Å²) in [5.41, 5.74) is 0.0208. The summed E-state index contributed by atoms with van der Waals surface area (Å²) in [5.74, 6) is 0.519. The Morgan fingerprint density at radius 2 is 2.00 bits per heavy atom. The highest BCUT2D eigenvalue weighted by Gasteiger charge is 2.07. The van der Waals surface area contributed by atoms with E-state index in [-0.39, 0.29) is 5.69 Å². The lowest BCUT2D eigenvalue weighted by atomic mass is 10.3. The SMILES string of the molecule is CCNCCS(=O)c1ccc([N+](=O)[O-])cc1. The van der Waals surface area contributed by atoms with Gasteiger partial charge in [-0.3, -0.25) is 14.3 Å². The molecule has 0 spiro atoms. The Morgan fingerprint density at radius 3 is 2.50 bits per heavy atom. The second-order valence-electron chi connectivity index (χ2n) is 3.15. The lowest BCUT2D eigenvalue weighted by Crippen LogP contribution is -2.19. The fourth-order valence-corrected chi connectivity index (χ4v) is 2.18. The van der Waals surface area contributed by atoms with Gasteiger partial charge in [-0.2, -0.15) is 0 Å². The van der Waals surface area contributed by atoms with Gasteiger partial charge in [-0.05, 0) is 18.7 Å². The maximum atomic E-state index is 11.7. The summed E-state index contributed by atoms with van der Waals surface area (Å²) in [5, 5.41) is 13.5. The lowest BCUT2D eigenvalue weighted by Gasteiger charge is -2.02. The predicted octanol–water partition coefficient (Wildman–Crippen LogP) is 1.31. The molecular weight excluding hydrogens is 228 g/mol. The highest BCUT2D eigenvalue weighted by molar-refractivity contribution is 7.85. The van der Waals surface area contributed by atoms with Crippen LogP contribution in [0.25, 0.3) is 0 Å². The summed E-state index contributed by atoms with van der Waals surface area (Å²) in [6.45, 7) is 3.51. The van der Waals surface area contributed by atoms with Gasteiger partial charge in [0, 0.05) is 29.3 Å². The summed E-state index contributed by atoms with van der Waals surface area (Å²) in [7, 11) is -1.09. The third-order valence-electron chi connectivity index (χ3n) is 2.02. The van der Waals surface area contributed by atoms with Gasteiger partial charge >= 0.3 is 0 Å². The third-order valence-corrected chi connectivity index (χ3v) is 3.40. The Morgan fingerprint density at radius 1 is 1.38 bits per heavy atom. The van der Waals surface area contributed by atoms with Crippen molar-refractivity contribution in [2.24, 2.45) is 0 Å². The molecule has 1 rings (SSSR count). The van der Waals surface area contributed by atoms with Crippen molar-refractivity contribution in [1.82, 2.24) is 5.32 Å². The minimum atomic E-state index is -1.09. The molecule has 0 aliphatic rings. The summed E-state index contributed by atoms with van der Waals surface area (Å²) in [6.07, 6.45) is 0. The molecule has 0 aromatic heterocycles. The number of nitro groups is 1. The molecule has 0 aliphatic heterocycles. The third kappa shape index (κ3) is 3.71. The van der Waals surface area contributed by atoms with E-state index in [1.165, 1.54) is 12.1 Å². The molecule has 1 unspecified atom stereocenters. The van der Waals surface area contributed by atoms with Gasteiger partial charge < -0.3 is 5.32 Å². The maximum absolute atomic E-state index is 11.7. The minimum Gasteiger partial charge on any atom is -0.316 e. The van der Waals surface area contributed by atoms with E-state index in [9.17, 15) is 14.3 Å². The van der Waals surface area contributed by atoms with Crippen molar-refractivity contribution in [3.63, 3.8) is 0 Å². The second-order valence-corrected chi connectivity index (χ2v) is 4.72. The van der Waals surface area contributed by atoms with Gasteiger partial charge in [0.25, 0.3) is 5.69 Å². The first-order valence-corrected chi connectivity index (χ1v) is 6.30. The van der Waals surface area contributed by atoms with E-state index in [0.29, 0.717) is 17.2 Å². The number of rotatable bonds is 6. The normalized spacial score (nSPS) is 12.3. The number of hydrogen-bond donors (Lipinski definition) is 1. The Labute approximate surface area is 96.5 Å². The van der Waals surface area contributed by atoms with Gasteiger partial charge in [0.2, 0.25) is 0 Å². The van der Waals surface area contributed by atoms with Crippen molar-refractivity contribution in [2.75, 3.05) is 18.8 Å². The summed E-state index contributed by atoms with van der Waals surface area (Å²) in [6, 6.07) is 5.83. The van der Waals surface area contributed by atoms with Crippen molar-refractivity contribution in [1.29, 1.82) is 0 Å². The molecule has 0 fully saturated rings. The van der Waals surface area contributed by atoms with Crippen LogP contribution < -0.4 is 5.32 Å². The number of hydrogen-bond acceptors (Lipinski definition) is 4. The molecule has 1 aromatic carbocycles. The Balaban J connectivity index is 2.59. The maximum Gasteiger partial charge on any atom is 0.269 e. The van der Waals surface area contributed by atoms with Crippen LogP contribution in [0, 0.1) is 10.1 Å². The molecule has 0 radical (unpaired) electrons. The van der Waals surface area contributed by atoms with Crippen LogP contribution in [0.4, 0.5) is 5.69 Å². The zero-order chi connectivity index (χ0) is 12.0. The first-order valence-electron chi connectivity index (χ1n) is 4.98. The van der Waals surface area contributed by atoms with Crippen LogP contribution in [0.1, 0.15) is 6.92 Å². The fourth-order valence-electron chi connectivity index (χ4n) is 1.18. The Kier molecular flexibility index (Phi) is 5.07. The predicted molar refractivity (Wildman–Crippen MR) is 62.9 cm³/mol. The molecular formula is C10H14N2O3S. The van der Waals surface area contributed by atoms with Crippen LogP contribution in [0.15, 0.2) is 29.2 Å². The molecule has 1 aromatic rings. The van der Waals surface area contributed by atoms with E-state index in [2.05, 4.69) is 5.32 Å². The van der Waals surface area contributed by atoms with E-state index in [0.717, 1.165) is 6.54 Å². The van der Waals surface area contributed by atoms with E-state index in [4.69, 9.17) is 0 Å². The average Bonchev–Trinajstić information content (AvgIpc) is 2.29. The minimum absolute atomic E-state index is 0.0208. The van der Waals surface area contributed by atoms with Crippen molar-refractivity contribution < 1.29 is 9.13 Å².